The van der Waals surface area contributed by atoms with E-state index in [-0.39, 0.29) is 12.6 Å². The maximum atomic E-state index is 10.8. The van der Waals surface area contributed by atoms with Gasteiger partial charge < -0.3 is 19.0 Å². The van der Waals surface area contributed by atoms with Crippen molar-refractivity contribution >= 4 is 5.97 Å². The maximum absolute atomic E-state index is 10.8. The molecule has 1 aliphatic rings. The number of carbonyl (C=O) groups is 1. The predicted octanol–water partition coefficient (Wildman–Crippen LogP) is 2.56. The summed E-state index contributed by atoms with van der Waals surface area (Å²) in [5.74, 6) is -0.212. The van der Waals surface area contributed by atoms with Crippen LogP contribution >= 0.6 is 0 Å². The molecule has 1 aliphatic heterocycles. The summed E-state index contributed by atoms with van der Waals surface area (Å²) in [5.41, 5.74) is 0.888. The number of rotatable bonds is 4. The predicted molar refractivity (Wildman–Crippen MR) is 70.3 cm³/mol. The Labute approximate surface area is 120 Å². The fourth-order valence-electron chi connectivity index (χ4n) is 2.17. The molecule has 0 fully saturated rings. The van der Waals surface area contributed by atoms with Gasteiger partial charge in [-0.05, 0) is 36.2 Å². The van der Waals surface area contributed by atoms with Crippen LogP contribution in [0.3, 0.4) is 0 Å². The molecule has 3 rings (SSSR count). The summed E-state index contributed by atoms with van der Waals surface area (Å²) < 4.78 is 15.7. The number of hydrogen-bond donors (Lipinski definition) is 1. The third-order valence-electron chi connectivity index (χ3n) is 3.21. The van der Waals surface area contributed by atoms with E-state index in [1.54, 1.807) is 6.07 Å². The zero-order valence-electron chi connectivity index (χ0n) is 10.9. The first-order valence-corrected chi connectivity index (χ1v) is 6.28. The Morgan fingerprint density at radius 2 is 2.10 bits per heavy atom. The monoisotopic (exact) mass is 285 g/mol. The minimum absolute atomic E-state index is 0.170. The Bertz CT molecular complexity index is 728. The van der Waals surface area contributed by atoms with Crippen LogP contribution in [0.2, 0.25) is 0 Å². The smallest absolute Gasteiger partial charge is 0.371 e. The third-order valence-corrected chi connectivity index (χ3v) is 3.21. The van der Waals surface area contributed by atoms with Gasteiger partial charge in [0.1, 0.15) is 11.7 Å². The van der Waals surface area contributed by atoms with Crippen molar-refractivity contribution in [3.8, 4) is 17.6 Å². The quantitative estimate of drug-likeness (QED) is 0.928. The van der Waals surface area contributed by atoms with Crippen molar-refractivity contribution in [3.63, 3.8) is 0 Å². The van der Waals surface area contributed by atoms with Crippen LogP contribution in [-0.2, 0) is 6.42 Å². The standard InChI is InChI=1S/C15H11NO5/c16-7-10(11-3-4-13(21-11)15(17)18)5-9-1-2-12-14(6-9)20-8-19-12/h1-4,6,10H,5,8H2,(H,17,18). The lowest BCUT2D eigenvalue weighted by molar-refractivity contribution is 0.0660. The molecule has 0 radical (unpaired) electrons. The second kappa shape index (κ2) is 5.21. The van der Waals surface area contributed by atoms with Crippen molar-refractivity contribution < 1.29 is 23.8 Å². The molecular formula is C15H11NO5. The van der Waals surface area contributed by atoms with Crippen LogP contribution in [-0.4, -0.2) is 17.9 Å². The van der Waals surface area contributed by atoms with E-state index in [1.165, 1.54) is 12.1 Å². The van der Waals surface area contributed by atoms with Crippen LogP contribution in [0.1, 0.15) is 27.8 Å². The third kappa shape index (κ3) is 2.54. The number of nitrogens with zero attached hydrogens (tertiary/aromatic N) is 1. The molecule has 1 N–H and O–H groups in total. The first-order valence-electron chi connectivity index (χ1n) is 6.28. The van der Waals surface area contributed by atoms with E-state index in [1.807, 2.05) is 12.1 Å². The molecule has 2 aromatic rings. The molecule has 0 bridgehead atoms. The number of fused-ring (bicyclic) bond motifs is 1. The number of nitriles is 1. The van der Waals surface area contributed by atoms with Crippen LogP contribution < -0.4 is 9.47 Å². The molecule has 1 aromatic carbocycles. The summed E-state index contributed by atoms with van der Waals surface area (Å²) in [7, 11) is 0. The van der Waals surface area contributed by atoms with Gasteiger partial charge in [-0.15, -0.1) is 0 Å². The van der Waals surface area contributed by atoms with Gasteiger partial charge >= 0.3 is 5.97 Å². The fourth-order valence-corrected chi connectivity index (χ4v) is 2.17. The summed E-state index contributed by atoms with van der Waals surface area (Å²) in [6.07, 6.45) is 0.402. The number of hydrogen-bond acceptors (Lipinski definition) is 5. The van der Waals surface area contributed by atoms with E-state index in [0.29, 0.717) is 23.7 Å². The molecule has 2 heterocycles. The zero-order chi connectivity index (χ0) is 14.8. The lowest BCUT2D eigenvalue weighted by Gasteiger charge is -2.07. The van der Waals surface area contributed by atoms with Gasteiger partial charge in [-0.3, -0.25) is 0 Å². The SMILES string of the molecule is N#CC(Cc1ccc2c(c1)OCO2)c1ccc(C(=O)O)o1. The molecule has 6 heteroatoms. The van der Waals surface area contributed by atoms with E-state index < -0.39 is 11.9 Å². The van der Waals surface area contributed by atoms with Crippen LogP contribution in [0.4, 0.5) is 0 Å². The van der Waals surface area contributed by atoms with Gasteiger partial charge in [0.15, 0.2) is 11.5 Å². The number of aromatic carboxylic acids is 1. The molecule has 106 valence electrons. The second-order valence-corrected chi connectivity index (χ2v) is 4.58. The Morgan fingerprint density at radius 1 is 1.29 bits per heavy atom. The summed E-state index contributed by atoms with van der Waals surface area (Å²) in [4.78, 5) is 10.8. The second-order valence-electron chi connectivity index (χ2n) is 4.58. The van der Waals surface area contributed by atoms with Crippen LogP contribution in [0.15, 0.2) is 34.7 Å². The van der Waals surface area contributed by atoms with Crippen molar-refractivity contribution in [3.05, 3.63) is 47.4 Å². The highest BCUT2D eigenvalue weighted by atomic mass is 16.7. The van der Waals surface area contributed by atoms with Gasteiger partial charge in [0.05, 0.1) is 6.07 Å². The normalized spacial score (nSPS) is 13.7. The molecule has 0 saturated carbocycles. The minimum Gasteiger partial charge on any atom is -0.475 e. The Balaban J connectivity index is 1.81. The van der Waals surface area contributed by atoms with Crippen LogP contribution in [0.25, 0.3) is 0 Å². The van der Waals surface area contributed by atoms with Crippen molar-refractivity contribution in [2.45, 2.75) is 12.3 Å². The summed E-state index contributed by atoms with van der Waals surface area (Å²) >= 11 is 0. The highest BCUT2D eigenvalue weighted by molar-refractivity contribution is 5.84. The molecule has 0 saturated heterocycles. The molecule has 1 atom stereocenters. The first kappa shape index (κ1) is 13.1. The largest absolute Gasteiger partial charge is 0.475 e. The molecule has 6 nitrogen and oxygen atoms in total. The average Bonchev–Trinajstić information content (AvgIpc) is 3.13. The summed E-state index contributed by atoms with van der Waals surface area (Å²) in [6, 6.07) is 10.4. The Kier molecular flexibility index (Phi) is 3.24. The van der Waals surface area contributed by atoms with Gasteiger partial charge in [-0.2, -0.15) is 5.26 Å². The van der Waals surface area contributed by atoms with Crippen LogP contribution in [0.5, 0.6) is 11.5 Å². The van der Waals surface area contributed by atoms with Crippen molar-refractivity contribution in [2.24, 2.45) is 0 Å². The highest BCUT2D eigenvalue weighted by Crippen LogP contribution is 2.34. The topological polar surface area (TPSA) is 92.7 Å². The van der Waals surface area contributed by atoms with Crippen molar-refractivity contribution in [2.75, 3.05) is 6.79 Å². The minimum atomic E-state index is -1.15. The van der Waals surface area contributed by atoms with E-state index in [0.717, 1.165) is 5.56 Å². The average molecular weight is 285 g/mol. The van der Waals surface area contributed by atoms with Crippen LogP contribution in [0, 0.1) is 11.3 Å². The Hall–Kier alpha value is -2.94. The molecule has 1 aromatic heterocycles. The number of carboxylic acid groups (broad SMARTS) is 1. The zero-order valence-corrected chi connectivity index (χ0v) is 10.9. The van der Waals surface area contributed by atoms with E-state index >= 15 is 0 Å². The summed E-state index contributed by atoms with van der Waals surface area (Å²) in [5, 5.41) is 18.1. The molecule has 1 unspecified atom stereocenters. The van der Waals surface area contributed by atoms with Crippen molar-refractivity contribution in [1.82, 2.24) is 0 Å². The lowest BCUT2D eigenvalue weighted by atomic mass is 9.98. The number of furan rings is 1. The highest BCUT2D eigenvalue weighted by Gasteiger charge is 2.20. The number of carboxylic acids is 1. The van der Waals surface area contributed by atoms with Gasteiger partial charge in [-0.1, -0.05) is 6.07 Å². The summed E-state index contributed by atoms with van der Waals surface area (Å²) in [6.45, 7) is 0.195. The molecule has 21 heavy (non-hydrogen) atoms. The number of benzene rings is 1. The molecular weight excluding hydrogens is 274 g/mol. The van der Waals surface area contributed by atoms with Crippen molar-refractivity contribution in [1.29, 1.82) is 5.26 Å². The van der Waals surface area contributed by atoms with Gasteiger partial charge in [0.2, 0.25) is 12.6 Å². The number of ether oxygens (including phenoxy) is 2. The molecule has 0 amide bonds. The first-order chi connectivity index (χ1) is 10.2. The lowest BCUT2D eigenvalue weighted by Crippen LogP contribution is -2.00. The van der Waals surface area contributed by atoms with Gasteiger partial charge in [-0.25, -0.2) is 4.79 Å². The van der Waals surface area contributed by atoms with Gasteiger partial charge in [0.25, 0.3) is 0 Å². The maximum Gasteiger partial charge on any atom is 0.371 e. The van der Waals surface area contributed by atoms with E-state index in [2.05, 4.69) is 6.07 Å². The van der Waals surface area contributed by atoms with E-state index in [9.17, 15) is 10.1 Å². The fraction of sp³-hybridized carbons (Fsp3) is 0.200. The molecule has 0 spiro atoms. The molecule has 0 aliphatic carbocycles. The van der Waals surface area contributed by atoms with Gasteiger partial charge in [0, 0.05) is 0 Å². The Morgan fingerprint density at radius 3 is 2.81 bits per heavy atom. The van der Waals surface area contributed by atoms with E-state index in [4.69, 9.17) is 19.0 Å².